The minimum absolute atomic E-state index is 0.521. The van der Waals surface area contributed by atoms with Crippen LogP contribution in [0.25, 0.3) is 0 Å². The standard InChI is InChI=1S/C20H22N2OS/c1-14-10-15(2)12-18(11-14)22-19(24)21-17-7-5-6-16(13-17)8-9-20(3,4)23/h5-7,10-13,23H,1-4H3,(H2,21,22,24). The van der Waals surface area contributed by atoms with Crippen molar-refractivity contribution in [3.63, 3.8) is 0 Å². The fourth-order valence-corrected chi connectivity index (χ4v) is 2.48. The smallest absolute Gasteiger partial charge is 0.175 e. The van der Waals surface area contributed by atoms with Gasteiger partial charge in [-0.3, -0.25) is 0 Å². The molecule has 0 bridgehead atoms. The maximum Gasteiger partial charge on any atom is 0.175 e. The lowest BCUT2D eigenvalue weighted by atomic mass is 10.1. The molecule has 4 heteroatoms. The molecule has 0 unspecified atom stereocenters. The summed E-state index contributed by atoms with van der Waals surface area (Å²) in [6.07, 6.45) is 0. The van der Waals surface area contributed by atoms with E-state index < -0.39 is 5.60 Å². The van der Waals surface area contributed by atoms with Gasteiger partial charge in [0.25, 0.3) is 0 Å². The van der Waals surface area contributed by atoms with Gasteiger partial charge in [-0.25, -0.2) is 0 Å². The van der Waals surface area contributed by atoms with E-state index in [9.17, 15) is 5.11 Å². The van der Waals surface area contributed by atoms with Crippen LogP contribution in [0.4, 0.5) is 11.4 Å². The fourth-order valence-electron chi connectivity index (χ4n) is 2.24. The van der Waals surface area contributed by atoms with E-state index in [1.807, 2.05) is 36.4 Å². The number of aryl methyl sites for hydroxylation is 2. The molecule has 0 aliphatic carbocycles. The minimum atomic E-state index is -1.01. The van der Waals surface area contributed by atoms with Crippen LogP contribution < -0.4 is 10.6 Å². The number of hydrogen-bond donors (Lipinski definition) is 3. The Morgan fingerprint density at radius 3 is 2.25 bits per heavy atom. The van der Waals surface area contributed by atoms with Crippen LogP contribution in [-0.4, -0.2) is 15.8 Å². The van der Waals surface area contributed by atoms with Crippen molar-refractivity contribution in [2.75, 3.05) is 10.6 Å². The molecule has 0 atom stereocenters. The molecular weight excluding hydrogens is 316 g/mol. The molecule has 0 saturated carbocycles. The summed E-state index contributed by atoms with van der Waals surface area (Å²) in [7, 11) is 0. The SMILES string of the molecule is Cc1cc(C)cc(NC(=S)Nc2cccc(C#CC(C)(C)O)c2)c1. The van der Waals surface area contributed by atoms with E-state index in [0.717, 1.165) is 16.9 Å². The first kappa shape index (κ1) is 18.0. The Labute approximate surface area is 149 Å². The second kappa shape index (κ2) is 7.48. The summed E-state index contributed by atoms with van der Waals surface area (Å²) in [6, 6.07) is 13.8. The highest BCUT2D eigenvalue weighted by molar-refractivity contribution is 7.80. The molecule has 3 N–H and O–H groups in total. The average molecular weight is 338 g/mol. The largest absolute Gasteiger partial charge is 0.378 e. The van der Waals surface area contributed by atoms with Gasteiger partial charge >= 0.3 is 0 Å². The Hall–Kier alpha value is -2.35. The lowest BCUT2D eigenvalue weighted by molar-refractivity contribution is 0.143. The van der Waals surface area contributed by atoms with Crippen LogP contribution in [0.5, 0.6) is 0 Å². The van der Waals surface area contributed by atoms with Crippen LogP contribution in [0.3, 0.4) is 0 Å². The van der Waals surface area contributed by atoms with Crippen LogP contribution in [-0.2, 0) is 0 Å². The Bertz CT molecular complexity index is 790. The van der Waals surface area contributed by atoms with E-state index in [2.05, 4.69) is 42.4 Å². The van der Waals surface area contributed by atoms with Crippen LogP contribution in [0, 0.1) is 25.7 Å². The quantitative estimate of drug-likeness (QED) is 0.566. The molecule has 24 heavy (non-hydrogen) atoms. The molecule has 0 radical (unpaired) electrons. The Kier molecular flexibility index (Phi) is 5.61. The first-order valence-corrected chi connectivity index (χ1v) is 8.14. The zero-order chi connectivity index (χ0) is 17.7. The van der Waals surface area contributed by atoms with E-state index in [-0.39, 0.29) is 0 Å². The monoisotopic (exact) mass is 338 g/mol. The molecule has 0 aliphatic rings. The van der Waals surface area contributed by atoms with Gasteiger partial charge in [0, 0.05) is 16.9 Å². The highest BCUT2D eigenvalue weighted by Gasteiger charge is 2.06. The maximum atomic E-state index is 9.68. The maximum absolute atomic E-state index is 9.68. The van der Waals surface area contributed by atoms with E-state index in [1.165, 1.54) is 11.1 Å². The Morgan fingerprint density at radius 1 is 1.00 bits per heavy atom. The van der Waals surface area contributed by atoms with Crippen molar-refractivity contribution in [2.24, 2.45) is 0 Å². The van der Waals surface area contributed by atoms with E-state index in [4.69, 9.17) is 12.2 Å². The third-order valence-electron chi connectivity index (χ3n) is 3.11. The van der Waals surface area contributed by atoms with Crippen molar-refractivity contribution < 1.29 is 5.11 Å². The molecule has 0 aliphatic heterocycles. The van der Waals surface area contributed by atoms with Gasteiger partial charge in [0.05, 0.1) is 0 Å². The van der Waals surface area contributed by atoms with Crippen molar-refractivity contribution in [1.29, 1.82) is 0 Å². The highest BCUT2D eigenvalue weighted by Crippen LogP contribution is 2.15. The van der Waals surface area contributed by atoms with Crippen molar-refractivity contribution in [1.82, 2.24) is 0 Å². The molecule has 0 amide bonds. The number of nitrogens with one attached hydrogen (secondary N) is 2. The second-order valence-corrected chi connectivity index (χ2v) is 6.75. The van der Waals surface area contributed by atoms with Gasteiger partial charge in [-0.15, -0.1) is 0 Å². The zero-order valence-electron chi connectivity index (χ0n) is 14.4. The number of hydrogen-bond acceptors (Lipinski definition) is 2. The first-order chi connectivity index (χ1) is 11.2. The molecule has 0 aromatic heterocycles. The summed E-state index contributed by atoms with van der Waals surface area (Å²) in [5.41, 5.74) is 3.98. The van der Waals surface area contributed by atoms with E-state index in [0.29, 0.717) is 5.11 Å². The zero-order valence-corrected chi connectivity index (χ0v) is 15.2. The predicted molar refractivity (Wildman–Crippen MR) is 105 cm³/mol. The summed E-state index contributed by atoms with van der Waals surface area (Å²) >= 11 is 5.37. The van der Waals surface area contributed by atoms with Gasteiger partial charge in [0.1, 0.15) is 5.60 Å². The summed E-state index contributed by atoms with van der Waals surface area (Å²) in [5.74, 6) is 5.76. The number of aliphatic hydroxyl groups is 1. The average Bonchev–Trinajstić information content (AvgIpc) is 2.43. The molecule has 0 spiro atoms. The Balaban J connectivity index is 2.07. The van der Waals surface area contributed by atoms with Crippen LogP contribution >= 0.6 is 12.2 Å². The minimum Gasteiger partial charge on any atom is -0.378 e. The summed E-state index contributed by atoms with van der Waals surface area (Å²) < 4.78 is 0. The molecule has 0 saturated heterocycles. The summed E-state index contributed by atoms with van der Waals surface area (Å²) in [6.45, 7) is 7.43. The van der Waals surface area contributed by atoms with Crippen LogP contribution in [0.2, 0.25) is 0 Å². The van der Waals surface area contributed by atoms with Gasteiger partial charge in [-0.2, -0.15) is 0 Å². The topological polar surface area (TPSA) is 44.3 Å². The third kappa shape index (κ3) is 6.04. The number of rotatable bonds is 2. The fraction of sp³-hybridized carbons (Fsp3) is 0.250. The van der Waals surface area contributed by atoms with Gasteiger partial charge in [-0.1, -0.05) is 24.0 Å². The highest BCUT2D eigenvalue weighted by atomic mass is 32.1. The second-order valence-electron chi connectivity index (χ2n) is 6.35. The van der Waals surface area contributed by atoms with E-state index >= 15 is 0 Å². The van der Waals surface area contributed by atoms with Gasteiger partial charge < -0.3 is 15.7 Å². The normalized spacial score (nSPS) is 10.5. The van der Waals surface area contributed by atoms with E-state index in [1.54, 1.807) is 13.8 Å². The van der Waals surface area contributed by atoms with Crippen LogP contribution in [0.15, 0.2) is 42.5 Å². The molecular formula is C20H22N2OS. The van der Waals surface area contributed by atoms with Gasteiger partial charge in [0.2, 0.25) is 0 Å². The Morgan fingerprint density at radius 2 is 1.62 bits per heavy atom. The summed E-state index contributed by atoms with van der Waals surface area (Å²) in [5, 5.41) is 16.6. The third-order valence-corrected chi connectivity index (χ3v) is 3.32. The lowest BCUT2D eigenvalue weighted by Gasteiger charge is -2.12. The molecule has 2 aromatic carbocycles. The van der Waals surface area contributed by atoms with Crippen molar-refractivity contribution in [2.45, 2.75) is 33.3 Å². The number of anilines is 2. The lowest BCUT2D eigenvalue weighted by Crippen LogP contribution is -2.19. The van der Waals surface area contributed by atoms with Crippen LogP contribution in [0.1, 0.15) is 30.5 Å². The summed E-state index contributed by atoms with van der Waals surface area (Å²) in [4.78, 5) is 0. The molecule has 2 rings (SSSR count). The van der Waals surface area contributed by atoms with Gasteiger partial charge in [-0.05, 0) is 81.4 Å². The first-order valence-electron chi connectivity index (χ1n) is 7.73. The molecule has 2 aromatic rings. The number of benzene rings is 2. The molecule has 3 nitrogen and oxygen atoms in total. The van der Waals surface area contributed by atoms with Gasteiger partial charge in [0.15, 0.2) is 5.11 Å². The molecule has 0 heterocycles. The van der Waals surface area contributed by atoms with Crippen molar-refractivity contribution >= 4 is 28.7 Å². The molecule has 0 fully saturated rings. The van der Waals surface area contributed by atoms with Crippen molar-refractivity contribution in [3.05, 3.63) is 59.2 Å². The number of thiocarbonyl (C=S) groups is 1. The molecule has 124 valence electrons. The predicted octanol–water partition coefficient (Wildman–Crippen LogP) is 4.23. The van der Waals surface area contributed by atoms with Crippen molar-refractivity contribution in [3.8, 4) is 11.8 Å².